The molecule has 0 bridgehead atoms. The van der Waals surface area contributed by atoms with Gasteiger partial charge in [-0.15, -0.1) is 0 Å². The lowest BCUT2D eigenvalue weighted by atomic mass is 9.86. The summed E-state index contributed by atoms with van der Waals surface area (Å²) in [6.07, 6.45) is 16.1. The Labute approximate surface area is 97.9 Å². The monoisotopic (exact) mass is 216 g/mol. The summed E-state index contributed by atoms with van der Waals surface area (Å²) in [4.78, 5) is 10.7. The van der Waals surface area contributed by atoms with Crippen molar-refractivity contribution in [1.29, 1.82) is 0 Å². The van der Waals surface area contributed by atoms with Gasteiger partial charge in [-0.1, -0.05) is 36.8 Å². The van der Waals surface area contributed by atoms with Gasteiger partial charge >= 0.3 is 0 Å². The fourth-order valence-electron chi connectivity index (χ4n) is 2.60. The molecular formula is C15H20O. The summed E-state index contributed by atoms with van der Waals surface area (Å²) in [6.45, 7) is 1.99. The Morgan fingerprint density at radius 2 is 2.25 bits per heavy atom. The SMILES string of the molecule is CC(C=O)CC1=CCCC2CCC=CC2=C1. The molecule has 16 heavy (non-hydrogen) atoms. The number of rotatable bonds is 3. The Morgan fingerprint density at radius 3 is 3.06 bits per heavy atom. The molecule has 0 aromatic carbocycles. The maximum atomic E-state index is 10.7. The molecule has 0 amide bonds. The predicted molar refractivity (Wildman–Crippen MR) is 67.1 cm³/mol. The van der Waals surface area contributed by atoms with Crippen LogP contribution >= 0.6 is 0 Å². The number of aldehydes is 1. The number of allylic oxidation sites excluding steroid dienone is 6. The molecule has 0 saturated heterocycles. The van der Waals surface area contributed by atoms with E-state index in [0.717, 1.165) is 18.6 Å². The number of carbonyl (C=O) groups is 1. The molecule has 0 spiro atoms. The molecule has 0 heterocycles. The molecule has 2 aliphatic rings. The minimum absolute atomic E-state index is 0.146. The average Bonchev–Trinajstić information content (AvgIpc) is 2.50. The molecule has 0 aliphatic heterocycles. The first-order chi connectivity index (χ1) is 7.79. The highest BCUT2D eigenvalue weighted by molar-refractivity contribution is 5.54. The maximum Gasteiger partial charge on any atom is 0.123 e. The molecule has 0 aromatic heterocycles. The molecular weight excluding hydrogens is 196 g/mol. The molecule has 0 N–H and O–H groups in total. The van der Waals surface area contributed by atoms with Gasteiger partial charge in [0.15, 0.2) is 0 Å². The third-order valence-electron chi connectivity index (χ3n) is 3.53. The van der Waals surface area contributed by atoms with Crippen molar-refractivity contribution in [3.63, 3.8) is 0 Å². The highest BCUT2D eigenvalue weighted by Gasteiger charge is 2.17. The maximum absolute atomic E-state index is 10.7. The van der Waals surface area contributed by atoms with Crippen LogP contribution in [0.15, 0.2) is 35.5 Å². The molecule has 1 nitrogen and oxygen atoms in total. The molecule has 1 heteroatoms. The van der Waals surface area contributed by atoms with Crippen molar-refractivity contribution in [3.8, 4) is 0 Å². The van der Waals surface area contributed by atoms with E-state index in [0.29, 0.717) is 0 Å². The van der Waals surface area contributed by atoms with E-state index in [1.165, 1.54) is 36.8 Å². The van der Waals surface area contributed by atoms with E-state index >= 15 is 0 Å². The molecule has 0 radical (unpaired) electrons. The largest absolute Gasteiger partial charge is 0.303 e. The second kappa shape index (κ2) is 5.29. The number of hydrogen-bond acceptors (Lipinski definition) is 1. The van der Waals surface area contributed by atoms with E-state index in [2.05, 4.69) is 24.3 Å². The first-order valence-corrected chi connectivity index (χ1v) is 6.32. The van der Waals surface area contributed by atoms with Crippen LogP contribution in [0.5, 0.6) is 0 Å². The third-order valence-corrected chi connectivity index (χ3v) is 3.53. The highest BCUT2D eigenvalue weighted by atomic mass is 16.1. The van der Waals surface area contributed by atoms with Crippen molar-refractivity contribution in [2.75, 3.05) is 0 Å². The van der Waals surface area contributed by atoms with Gasteiger partial charge in [0.1, 0.15) is 6.29 Å². The van der Waals surface area contributed by atoms with Crippen LogP contribution in [0.3, 0.4) is 0 Å². The number of fused-ring (bicyclic) bond motifs is 1. The van der Waals surface area contributed by atoms with E-state index in [-0.39, 0.29) is 5.92 Å². The Hall–Kier alpha value is -1.11. The minimum atomic E-state index is 0.146. The van der Waals surface area contributed by atoms with Gasteiger partial charge in [-0.25, -0.2) is 0 Å². The first-order valence-electron chi connectivity index (χ1n) is 6.32. The molecule has 2 atom stereocenters. The van der Waals surface area contributed by atoms with Crippen LogP contribution in [0.25, 0.3) is 0 Å². The fourth-order valence-corrected chi connectivity index (χ4v) is 2.60. The van der Waals surface area contributed by atoms with E-state index < -0.39 is 0 Å². The van der Waals surface area contributed by atoms with E-state index in [1.807, 2.05) is 6.92 Å². The molecule has 0 fully saturated rings. The molecule has 2 rings (SSSR count). The molecule has 86 valence electrons. The van der Waals surface area contributed by atoms with E-state index in [4.69, 9.17) is 0 Å². The second-order valence-electron chi connectivity index (χ2n) is 4.99. The van der Waals surface area contributed by atoms with Crippen molar-refractivity contribution in [2.45, 2.75) is 39.0 Å². The second-order valence-corrected chi connectivity index (χ2v) is 4.99. The van der Waals surface area contributed by atoms with Crippen LogP contribution in [0, 0.1) is 11.8 Å². The van der Waals surface area contributed by atoms with Crippen molar-refractivity contribution in [2.24, 2.45) is 11.8 Å². The van der Waals surface area contributed by atoms with Crippen molar-refractivity contribution in [3.05, 3.63) is 35.5 Å². The zero-order valence-corrected chi connectivity index (χ0v) is 9.99. The lowest BCUT2D eigenvalue weighted by Gasteiger charge is -2.19. The van der Waals surface area contributed by atoms with Crippen LogP contribution in [0.4, 0.5) is 0 Å². The molecule has 0 saturated carbocycles. The third kappa shape index (κ3) is 2.72. The van der Waals surface area contributed by atoms with Gasteiger partial charge in [0.25, 0.3) is 0 Å². The van der Waals surface area contributed by atoms with Crippen LogP contribution in [0.2, 0.25) is 0 Å². The summed E-state index contributed by atoms with van der Waals surface area (Å²) in [5.41, 5.74) is 2.83. The van der Waals surface area contributed by atoms with Crippen molar-refractivity contribution >= 4 is 6.29 Å². The van der Waals surface area contributed by atoms with E-state index in [1.54, 1.807) is 0 Å². The van der Waals surface area contributed by atoms with Gasteiger partial charge in [0.05, 0.1) is 0 Å². The zero-order valence-electron chi connectivity index (χ0n) is 9.99. The quantitative estimate of drug-likeness (QED) is 0.655. The van der Waals surface area contributed by atoms with Gasteiger partial charge in [-0.2, -0.15) is 0 Å². The fraction of sp³-hybridized carbons (Fsp3) is 0.533. The van der Waals surface area contributed by atoms with Gasteiger partial charge in [-0.05, 0) is 43.6 Å². The van der Waals surface area contributed by atoms with Gasteiger partial charge in [0.2, 0.25) is 0 Å². The Bertz CT molecular complexity index is 346. The van der Waals surface area contributed by atoms with Crippen LogP contribution in [-0.4, -0.2) is 6.29 Å². The summed E-state index contributed by atoms with van der Waals surface area (Å²) in [6, 6.07) is 0. The summed E-state index contributed by atoms with van der Waals surface area (Å²) in [7, 11) is 0. The smallest absolute Gasteiger partial charge is 0.123 e. The lowest BCUT2D eigenvalue weighted by Crippen LogP contribution is -2.05. The number of carbonyl (C=O) groups excluding carboxylic acids is 1. The van der Waals surface area contributed by atoms with Gasteiger partial charge in [-0.3, -0.25) is 0 Å². The van der Waals surface area contributed by atoms with Crippen LogP contribution in [-0.2, 0) is 4.79 Å². The topological polar surface area (TPSA) is 17.1 Å². The van der Waals surface area contributed by atoms with E-state index in [9.17, 15) is 4.79 Å². The van der Waals surface area contributed by atoms with Crippen molar-refractivity contribution in [1.82, 2.24) is 0 Å². The molecule has 0 aromatic rings. The van der Waals surface area contributed by atoms with Crippen LogP contribution < -0.4 is 0 Å². The van der Waals surface area contributed by atoms with Gasteiger partial charge in [0, 0.05) is 5.92 Å². The summed E-state index contributed by atoms with van der Waals surface area (Å²) in [5, 5.41) is 0. The summed E-state index contributed by atoms with van der Waals surface area (Å²) in [5.74, 6) is 0.900. The molecule has 2 aliphatic carbocycles. The lowest BCUT2D eigenvalue weighted by molar-refractivity contribution is -0.110. The normalized spacial score (nSPS) is 26.2. The highest BCUT2D eigenvalue weighted by Crippen LogP contribution is 2.32. The summed E-state index contributed by atoms with van der Waals surface area (Å²) < 4.78 is 0. The Kier molecular flexibility index (Phi) is 3.76. The van der Waals surface area contributed by atoms with Crippen LogP contribution in [0.1, 0.15) is 39.0 Å². The Balaban J connectivity index is 2.13. The standard InChI is InChI=1S/C15H20O/c1-12(11-16)9-13-5-4-8-14-6-2-3-7-15(14)10-13/h3,5,7,10-12,14H,2,4,6,8-9H2,1H3. The zero-order chi connectivity index (χ0) is 11.4. The first kappa shape index (κ1) is 11.4. The van der Waals surface area contributed by atoms with Gasteiger partial charge < -0.3 is 4.79 Å². The minimum Gasteiger partial charge on any atom is -0.303 e. The van der Waals surface area contributed by atoms with Crippen molar-refractivity contribution < 1.29 is 4.79 Å². The average molecular weight is 216 g/mol. The predicted octanol–water partition coefficient (Wildman–Crippen LogP) is 3.82. The number of hydrogen-bond donors (Lipinski definition) is 0. The molecule has 2 unspecified atom stereocenters. The Morgan fingerprint density at radius 1 is 1.44 bits per heavy atom. The summed E-state index contributed by atoms with van der Waals surface area (Å²) >= 11 is 0.